The van der Waals surface area contributed by atoms with E-state index in [1.807, 2.05) is 34.6 Å². The second kappa shape index (κ2) is 5.61. The molecule has 6 nitrogen and oxygen atoms in total. The zero-order valence-corrected chi connectivity index (χ0v) is 12.3. The molecule has 0 aromatic carbocycles. The number of urea groups is 1. The molecular formula is C13H24N4O2. The van der Waals surface area contributed by atoms with Crippen LogP contribution < -0.4 is 10.6 Å². The van der Waals surface area contributed by atoms with Crippen molar-refractivity contribution in [2.75, 3.05) is 11.9 Å². The molecule has 1 aromatic heterocycles. The summed E-state index contributed by atoms with van der Waals surface area (Å²) in [5.41, 5.74) is 0.0815. The van der Waals surface area contributed by atoms with Gasteiger partial charge in [0.2, 0.25) is 0 Å². The fraction of sp³-hybridized carbons (Fsp3) is 0.692. The van der Waals surface area contributed by atoms with Crippen LogP contribution in [0.3, 0.4) is 0 Å². The molecule has 1 heterocycles. The van der Waals surface area contributed by atoms with Crippen molar-refractivity contribution in [3.05, 3.63) is 12.4 Å². The second-order valence-corrected chi connectivity index (χ2v) is 6.28. The summed E-state index contributed by atoms with van der Waals surface area (Å²) in [6.07, 6.45) is 3.91. The molecule has 0 unspecified atom stereocenters. The van der Waals surface area contributed by atoms with Crippen molar-refractivity contribution in [1.29, 1.82) is 0 Å². The van der Waals surface area contributed by atoms with Gasteiger partial charge in [-0.15, -0.1) is 0 Å². The van der Waals surface area contributed by atoms with Crippen LogP contribution in [-0.2, 0) is 5.54 Å². The van der Waals surface area contributed by atoms with Crippen LogP contribution >= 0.6 is 0 Å². The van der Waals surface area contributed by atoms with Crippen LogP contribution in [0.25, 0.3) is 0 Å². The normalized spacial score (nSPS) is 12.3. The van der Waals surface area contributed by atoms with Crippen LogP contribution in [-0.4, -0.2) is 33.1 Å². The largest absolute Gasteiger partial charge is 0.396 e. The van der Waals surface area contributed by atoms with Crippen LogP contribution in [0, 0.1) is 0 Å². The van der Waals surface area contributed by atoms with E-state index in [4.69, 9.17) is 5.11 Å². The van der Waals surface area contributed by atoms with Crippen molar-refractivity contribution in [1.82, 2.24) is 15.1 Å². The van der Waals surface area contributed by atoms with E-state index in [9.17, 15) is 4.79 Å². The average molecular weight is 268 g/mol. The quantitative estimate of drug-likeness (QED) is 0.780. The number of hydrogen-bond acceptors (Lipinski definition) is 3. The molecule has 19 heavy (non-hydrogen) atoms. The van der Waals surface area contributed by atoms with Gasteiger partial charge in [-0.05, 0) is 41.0 Å². The average Bonchev–Trinajstić information content (AvgIpc) is 2.63. The van der Waals surface area contributed by atoms with Crippen molar-refractivity contribution in [2.45, 2.75) is 52.1 Å². The predicted molar refractivity (Wildman–Crippen MR) is 75.2 cm³/mol. The highest BCUT2D eigenvalue weighted by Crippen LogP contribution is 2.16. The Morgan fingerprint density at radius 2 is 2.00 bits per heavy atom. The minimum Gasteiger partial charge on any atom is -0.396 e. The van der Waals surface area contributed by atoms with Gasteiger partial charge < -0.3 is 15.7 Å². The number of hydrogen-bond donors (Lipinski definition) is 3. The van der Waals surface area contributed by atoms with E-state index >= 15 is 0 Å². The molecule has 0 aliphatic rings. The summed E-state index contributed by atoms with van der Waals surface area (Å²) in [5, 5.41) is 18.7. The Labute approximate surface area is 114 Å². The molecule has 0 aliphatic carbocycles. The van der Waals surface area contributed by atoms with Crippen molar-refractivity contribution < 1.29 is 9.90 Å². The lowest BCUT2D eigenvalue weighted by Crippen LogP contribution is -2.46. The van der Waals surface area contributed by atoms with Crippen LogP contribution in [0.2, 0.25) is 0 Å². The summed E-state index contributed by atoms with van der Waals surface area (Å²) in [4.78, 5) is 11.8. The van der Waals surface area contributed by atoms with Crippen molar-refractivity contribution in [3.8, 4) is 0 Å². The maximum absolute atomic E-state index is 11.8. The minimum absolute atomic E-state index is 0.0369. The fourth-order valence-electron chi connectivity index (χ4n) is 1.57. The van der Waals surface area contributed by atoms with E-state index in [0.29, 0.717) is 12.1 Å². The summed E-state index contributed by atoms with van der Waals surface area (Å²) in [5.74, 6) is 0. The number of aromatic nitrogens is 2. The standard InChI is InChI=1S/C13H24N4O2/c1-12(2,3)17-9-10(8-14-17)15-11(19)16-13(4,5)6-7-18/h8-9,18H,6-7H2,1-5H3,(H2,15,16,19). The number of aliphatic hydroxyl groups excluding tert-OH is 1. The molecular weight excluding hydrogens is 244 g/mol. The SMILES string of the molecule is CC(C)(CCO)NC(=O)Nc1cnn(C(C)(C)C)c1. The smallest absolute Gasteiger partial charge is 0.319 e. The maximum atomic E-state index is 11.8. The Balaban J connectivity index is 2.60. The number of rotatable bonds is 4. The molecule has 2 amide bonds. The lowest BCUT2D eigenvalue weighted by Gasteiger charge is -2.25. The molecule has 0 saturated carbocycles. The highest BCUT2D eigenvalue weighted by molar-refractivity contribution is 5.89. The summed E-state index contributed by atoms with van der Waals surface area (Å²) >= 11 is 0. The van der Waals surface area contributed by atoms with Gasteiger partial charge in [0.15, 0.2) is 0 Å². The highest BCUT2D eigenvalue weighted by Gasteiger charge is 2.20. The van der Waals surface area contributed by atoms with Gasteiger partial charge in [0, 0.05) is 18.3 Å². The third-order valence-electron chi connectivity index (χ3n) is 2.72. The monoisotopic (exact) mass is 268 g/mol. The predicted octanol–water partition coefficient (Wildman–Crippen LogP) is 1.92. The first-order chi connectivity index (χ1) is 8.64. The Morgan fingerprint density at radius 1 is 1.37 bits per heavy atom. The number of nitrogens with one attached hydrogen (secondary N) is 2. The van der Waals surface area contributed by atoms with Crippen molar-refractivity contribution >= 4 is 11.7 Å². The number of carbonyl (C=O) groups is 1. The molecule has 6 heteroatoms. The molecule has 108 valence electrons. The van der Waals surface area contributed by atoms with Gasteiger partial charge >= 0.3 is 6.03 Å². The lowest BCUT2D eigenvalue weighted by atomic mass is 10.0. The van der Waals surface area contributed by atoms with Crippen LogP contribution in [0.4, 0.5) is 10.5 Å². The summed E-state index contributed by atoms with van der Waals surface area (Å²) in [6.45, 7) is 9.87. The summed E-state index contributed by atoms with van der Waals surface area (Å²) in [7, 11) is 0. The Kier molecular flexibility index (Phi) is 4.57. The van der Waals surface area contributed by atoms with Gasteiger partial charge in [-0.1, -0.05) is 0 Å². The molecule has 0 saturated heterocycles. The molecule has 0 bridgehead atoms. The van der Waals surface area contributed by atoms with Crippen molar-refractivity contribution in [2.24, 2.45) is 0 Å². The van der Waals surface area contributed by atoms with Gasteiger partial charge in [-0.2, -0.15) is 5.10 Å². The Morgan fingerprint density at radius 3 is 2.47 bits per heavy atom. The van der Waals surface area contributed by atoms with E-state index in [0.717, 1.165) is 0 Å². The van der Waals surface area contributed by atoms with Gasteiger partial charge in [0.25, 0.3) is 0 Å². The highest BCUT2D eigenvalue weighted by atomic mass is 16.3. The van der Waals surface area contributed by atoms with E-state index in [2.05, 4.69) is 15.7 Å². The van der Waals surface area contributed by atoms with Gasteiger partial charge in [0.1, 0.15) is 0 Å². The zero-order chi connectivity index (χ0) is 14.7. The molecule has 1 aromatic rings. The number of aliphatic hydroxyl groups is 1. The van der Waals surface area contributed by atoms with E-state index in [1.54, 1.807) is 17.1 Å². The van der Waals surface area contributed by atoms with Crippen LogP contribution in [0.15, 0.2) is 12.4 Å². The lowest BCUT2D eigenvalue weighted by molar-refractivity contribution is 0.218. The number of amides is 2. The topological polar surface area (TPSA) is 79.2 Å². The molecule has 0 radical (unpaired) electrons. The second-order valence-electron chi connectivity index (χ2n) is 6.28. The Bertz CT molecular complexity index is 432. The van der Waals surface area contributed by atoms with Crippen molar-refractivity contribution in [3.63, 3.8) is 0 Å². The van der Waals surface area contributed by atoms with Gasteiger partial charge in [0.05, 0.1) is 17.4 Å². The molecule has 0 spiro atoms. The van der Waals surface area contributed by atoms with Gasteiger partial charge in [-0.25, -0.2) is 4.79 Å². The first-order valence-electron chi connectivity index (χ1n) is 6.39. The van der Waals surface area contributed by atoms with E-state index < -0.39 is 5.54 Å². The summed E-state index contributed by atoms with van der Waals surface area (Å²) in [6, 6.07) is -0.299. The van der Waals surface area contributed by atoms with E-state index in [-0.39, 0.29) is 18.2 Å². The third-order valence-corrected chi connectivity index (χ3v) is 2.72. The number of anilines is 1. The van der Waals surface area contributed by atoms with Gasteiger partial charge in [-0.3, -0.25) is 4.68 Å². The minimum atomic E-state index is -0.446. The van der Waals surface area contributed by atoms with Crippen LogP contribution in [0.1, 0.15) is 41.0 Å². The van der Waals surface area contributed by atoms with Crippen LogP contribution in [0.5, 0.6) is 0 Å². The molecule has 1 rings (SSSR count). The first kappa shape index (κ1) is 15.5. The number of nitrogens with zero attached hydrogens (tertiary/aromatic N) is 2. The molecule has 0 atom stereocenters. The molecule has 3 N–H and O–H groups in total. The summed E-state index contributed by atoms with van der Waals surface area (Å²) < 4.78 is 1.79. The first-order valence-corrected chi connectivity index (χ1v) is 6.39. The Hall–Kier alpha value is -1.56. The molecule has 0 aliphatic heterocycles. The maximum Gasteiger partial charge on any atom is 0.319 e. The molecule has 0 fully saturated rings. The third kappa shape index (κ3) is 4.90. The fourth-order valence-corrected chi connectivity index (χ4v) is 1.57. The zero-order valence-electron chi connectivity index (χ0n) is 12.3. The number of carbonyl (C=O) groups excluding carboxylic acids is 1. The van der Waals surface area contributed by atoms with E-state index in [1.165, 1.54) is 0 Å².